The van der Waals surface area contributed by atoms with Crippen molar-refractivity contribution in [3.8, 4) is 5.75 Å². The van der Waals surface area contributed by atoms with Crippen molar-refractivity contribution in [1.82, 2.24) is 20.3 Å². The highest BCUT2D eigenvalue weighted by Gasteiger charge is 2.06. The van der Waals surface area contributed by atoms with Crippen LogP contribution < -0.4 is 10.1 Å². The van der Waals surface area contributed by atoms with Gasteiger partial charge in [0.15, 0.2) is 11.6 Å². The van der Waals surface area contributed by atoms with Crippen LogP contribution in [0.3, 0.4) is 0 Å². The van der Waals surface area contributed by atoms with Gasteiger partial charge in [0.05, 0.1) is 12.2 Å². The summed E-state index contributed by atoms with van der Waals surface area (Å²) in [5.74, 6) is -1.22. The van der Waals surface area contributed by atoms with Gasteiger partial charge in [0, 0.05) is 24.8 Å². The van der Waals surface area contributed by atoms with Crippen molar-refractivity contribution < 1.29 is 13.5 Å². The molecule has 1 heterocycles. The highest BCUT2D eigenvalue weighted by molar-refractivity contribution is 5.24. The first-order chi connectivity index (χ1) is 10.0. The molecule has 1 aromatic heterocycles. The number of benzene rings is 1. The standard InChI is InChI=1S/C14H18F2N4O/c1-10(2)17-8-12-9-20(19-18-12)5-6-21-14-7-11(15)3-4-13(14)16/h3-4,7,9-10,17H,5-6,8H2,1-2H3. The Kier molecular flexibility index (Phi) is 5.21. The van der Waals surface area contributed by atoms with Gasteiger partial charge < -0.3 is 10.1 Å². The van der Waals surface area contributed by atoms with E-state index in [9.17, 15) is 8.78 Å². The van der Waals surface area contributed by atoms with Gasteiger partial charge in [0.1, 0.15) is 12.4 Å². The molecule has 114 valence electrons. The number of hydrogen-bond acceptors (Lipinski definition) is 4. The van der Waals surface area contributed by atoms with E-state index in [2.05, 4.69) is 15.6 Å². The third-order valence-corrected chi connectivity index (χ3v) is 2.75. The van der Waals surface area contributed by atoms with E-state index < -0.39 is 11.6 Å². The van der Waals surface area contributed by atoms with E-state index in [1.165, 1.54) is 0 Å². The Bertz CT molecular complexity index is 586. The van der Waals surface area contributed by atoms with Crippen molar-refractivity contribution in [3.63, 3.8) is 0 Å². The van der Waals surface area contributed by atoms with Crippen LogP contribution in [0.4, 0.5) is 8.78 Å². The molecule has 1 N–H and O–H groups in total. The Morgan fingerprint density at radius 2 is 2.14 bits per heavy atom. The summed E-state index contributed by atoms with van der Waals surface area (Å²) in [6, 6.07) is 3.48. The average Bonchev–Trinajstić information content (AvgIpc) is 2.88. The number of halogens is 2. The summed E-state index contributed by atoms with van der Waals surface area (Å²) in [4.78, 5) is 0. The minimum absolute atomic E-state index is 0.100. The van der Waals surface area contributed by atoms with E-state index in [1.54, 1.807) is 10.9 Å². The minimum Gasteiger partial charge on any atom is -0.488 e. The average molecular weight is 296 g/mol. The predicted molar refractivity (Wildman–Crippen MR) is 73.9 cm³/mol. The van der Waals surface area contributed by atoms with Crippen LogP contribution in [-0.4, -0.2) is 27.6 Å². The molecule has 0 aliphatic carbocycles. The van der Waals surface area contributed by atoms with E-state index in [0.717, 1.165) is 23.9 Å². The smallest absolute Gasteiger partial charge is 0.165 e. The van der Waals surface area contributed by atoms with Crippen molar-refractivity contribution in [2.75, 3.05) is 6.61 Å². The number of aromatic nitrogens is 3. The van der Waals surface area contributed by atoms with Crippen molar-refractivity contribution >= 4 is 0 Å². The van der Waals surface area contributed by atoms with Crippen molar-refractivity contribution in [1.29, 1.82) is 0 Å². The summed E-state index contributed by atoms with van der Waals surface area (Å²) in [6.45, 7) is 5.32. The highest BCUT2D eigenvalue weighted by Crippen LogP contribution is 2.17. The molecule has 7 heteroatoms. The lowest BCUT2D eigenvalue weighted by molar-refractivity contribution is 0.275. The fourth-order valence-electron chi connectivity index (χ4n) is 1.67. The van der Waals surface area contributed by atoms with Crippen LogP contribution >= 0.6 is 0 Å². The first-order valence-corrected chi connectivity index (χ1v) is 6.75. The summed E-state index contributed by atoms with van der Waals surface area (Å²) in [7, 11) is 0. The summed E-state index contributed by atoms with van der Waals surface area (Å²) in [5, 5.41) is 11.2. The molecule has 2 rings (SSSR count). The molecule has 0 fully saturated rings. The van der Waals surface area contributed by atoms with E-state index in [4.69, 9.17) is 4.74 Å². The van der Waals surface area contributed by atoms with Gasteiger partial charge >= 0.3 is 0 Å². The summed E-state index contributed by atoms with van der Waals surface area (Å²) in [5.41, 5.74) is 0.820. The first kappa shape index (κ1) is 15.4. The van der Waals surface area contributed by atoms with Crippen LogP contribution in [0.2, 0.25) is 0 Å². The van der Waals surface area contributed by atoms with E-state index in [-0.39, 0.29) is 12.4 Å². The molecule has 5 nitrogen and oxygen atoms in total. The Morgan fingerprint density at radius 3 is 2.90 bits per heavy atom. The maximum Gasteiger partial charge on any atom is 0.165 e. The second kappa shape index (κ2) is 7.12. The van der Waals surface area contributed by atoms with Crippen LogP contribution in [0.25, 0.3) is 0 Å². The van der Waals surface area contributed by atoms with Gasteiger partial charge in [-0.2, -0.15) is 0 Å². The molecule has 0 aliphatic rings. The molecule has 0 bridgehead atoms. The zero-order chi connectivity index (χ0) is 15.2. The summed E-state index contributed by atoms with van der Waals surface area (Å²) in [6.07, 6.45) is 1.79. The van der Waals surface area contributed by atoms with Crippen LogP contribution in [0.15, 0.2) is 24.4 Å². The predicted octanol–water partition coefficient (Wildman–Crippen LogP) is 2.13. The van der Waals surface area contributed by atoms with Crippen molar-refractivity contribution in [3.05, 3.63) is 41.7 Å². The molecule has 21 heavy (non-hydrogen) atoms. The summed E-state index contributed by atoms with van der Waals surface area (Å²) < 4.78 is 33.1. The normalized spacial score (nSPS) is 11.1. The van der Waals surface area contributed by atoms with Gasteiger partial charge in [-0.05, 0) is 12.1 Å². The molecule has 0 aliphatic heterocycles. The van der Waals surface area contributed by atoms with E-state index >= 15 is 0 Å². The molecule has 1 aromatic carbocycles. The molecule has 0 radical (unpaired) electrons. The molecular weight excluding hydrogens is 278 g/mol. The lowest BCUT2D eigenvalue weighted by Crippen LogP contribution is -2.21. The molecule has 2 aromatic rings. The molecular formula is C14H18F2N4O. The second-order valence-electron chi connectivity index (χ2n) is 4.93. The van der Waals surface area contributed by atoms with Crippen molar-refractivity contribution in [2.24, 2.45) is 0 Å². The zero-order valence-corrected chi connectivity index (χ0v) is 12.0. The topological polar surface area (TPSA) is 52.0 Å². The van der Waals surface area contributed by atoms with Crippen LogP contribution in [-0.2, 0) is 13.1 Å². The number of nitrogens with one attached hydrogen (secondary N) is 1. The number of ether oxygens (including phenoxy) is 1. The Hall–Kier alpha value is -2.02. The van der Waals surface area contributed by atoms with Gasteiger partial charge in [0.2, 0.25) is 0 Å². The minimum atomic E-state index is -0.586. The summed E-state index contributed by atoms with van der Waals surface area (Å²) >= 11 is 0. The Morgan fingerprint density at radius 1 is 1.33 bits per heavy atom. The van der Waals surface area contributed by atoms with Crippen LogP contribution in [0, 0.1) is 11.6 Å². The maximum atomic E-state index is 13.3. The maximum absolute atomic E-state index is 13.3. The van der Waals surface area contributed by atoms with Gasteiger partial charge in [-0.15, -0.1) is 5.10 Å². The van der Waals surface area contributed by atoms with Crippen molar-refractivity contribution in [2.45, 2.75) is 33.0 Å². The lowest BCUT2D eigenvalue weighted by atomic mass is 10.3. The van der Waals surface area contributed by atoms with Gasteiger partial charge in [0.25, 0.3) is 0 Å². The van der Waals surface area contributed by atoms with Gasteiger partial charge in [-0.1, -0.05) is 19.1 Å². The third-order valence-electron chi connectivity index (χ3n) is 2.75. The molecule has 0 saturated heterocycles. The monoisotopic (exact) mass is 296 g/mol. The highest BCUT2D eigenvalue weighted by atomic mass is 19.1. The zero-order valence-electron chi connectivity index (χ0n) is 12.0. The SMILES string of the molecule is CC(C)NCc1cn(CCOc2cc(F)ccc2F)nn1. The molecule has 0 amide bonds. The lowest BCUT2D eigenvalue weighted by Gasteiger charge is -2.07. The number of nitrogens with zero attached hydrogens (tertiary/aromatic N) is 3. The number of hydrogen-bond donors (Lipinski definition) is 1. The first-order valence-electron chi connectivity index (χ1n) is 6.75. The third kappa shape index (κ3) is 4.78. The molecule has 0 unspecified atom stereocenters. The fourth-order valence-corrected chi connectivity index (χ4v) is 1.67. The van der Waals surface area contributed by atoms with E-state index in [0.29, 0.717) is 19.1 Å². The second-order valence-corrected chi connectivity index (χ2v) is 4.93. The van der Waals surface area contributed by atoms with E-state index in [1.807, 2.05) is 13.8 Å². The molecule has 0 spiro atoms. The Balaban J connectivity index is 1.82. The van der Waals surface area contributed by atoms with Gasteiger partial charge in [-0.25, -0.2) is 13.5 Å². The van der Waals surface area contributed by atoms with Gasteiger partial charge in [-0.3, -0.25) is 0 Å². The fraction of sp³-hybridized carbons (Fsp3) is 0.429. The Labute approximate surface area is 121 Å². The largest absolute Gasteiger partial charge is 0.488 e. The van der Waals surface area contributed by atoms with Crippen LogP contribution in [0.5, 0.6) is 5.75 Å². The van der Waals surface area contributed by atoms with Crippen LogP contribution in [0.1, 0.15) is 19.5 Å². The quantitative estimate of drug-likeness (QED) is 0.850. The molecule has 0 atom stereocenters. The molecule has 0 saturated carbocycles. The number of rotatable bonds is 7.